The number of methoxy groups -OCH3 is 1. The Balaban J connectivity index is 2.76. The zero-order valence-electron chi connectivity index (χ0n) is 9.66. The minimum atomic E-state index is -0.464. The first kappa shape index (κ1) is 12.4. The number of rotatable bonds is 4. The lowest BCUT2D eigenvalue weighted by atomic mass is 10.1. The van der Waals surface area contributed by atoms with Crippen LogP contribution in [0.1, 0.15) is 24.2 Å². The zero-order valence-corrected chi connectivity index (χ0v) is 9.66. The fourth-order valence-corrected chi connectivity index (χ4v) is 1.36. The Morgan fingerprint density at radius 3 is 2.81 bits per heavy atom. The van der Waals surface area contributed by atoms with E-state index in [1.807, 2.05) is 13.8 Å². The first-order chi connectivity index (χ1) is 7.44. The maximum absolute atomic E-state index is 11.8. The summed E-state index contributed by atoms with van der Waals surface area (Å²) in [6.07, 6.45) is 1.45. The molecular weight excluding hydrogens is 208 g/mol. The van der Waals surface area contributed by atoms with Crippen molar-refractivity contribution in [2.24, 2.45) is 0 Å². The SMILES string of the molecule is COCC(C)(C)NC(=O)c1cc[nH]c(=O)c1. The number of ether oxygens (including phenoxy) is 1. The van der Waals surface area contributed by atoms with Gasteiger partial charge in [-0.25, -0.2) is 0 Å². The lowest BCUT2D eigenvalue weighted by Gasteiger charge is -2.25. The van der Waals surface area contributed by atoms with E-state index in [4.69, 9.17) is 4.74 Å². The Bertz CT molecular complexity index is 423. The molecule has 0 bridgehead atoms. The van der Waals surface area contributed by atoms with Gasteiger partial charge in [-0.15, -0.1) is 0 Å². The summed E-state index contributed by atoms with van der Waals surface area (Å²) in [5, 5.41) is 2.78. The van der Waals surface area contributed by atoms with Crippen molar-refractivity contribution in [3.63, 3.8) is 0 Å². The summed E-state index contributed by atoms with van der Waals surface area (Å²) in [6.45, 7) is 4.10. The van der Waals surface area contributed by atoms with Crippen LogP contribution in [-0.4, -0.2) is 30.1 Å². The summed E-state index contributed by atoms with van der Waals surface area (Å²) < 4.78 is 4.98. The standard InChI is InChI=1S/C11H16N2O3/c1-11(2,7-16-3)13-10(15)8-4-5-12-9(14)6-8/h4-6H,7H2,1-3H3,(H,12,14)(H,13,15). The molecule has 16 heavy (non-hydrogen) atoms. The van der Waals surface area contributed by atoms with Crippen LogP contribution in [-0.2, 0) is 4.74 Å². The first-order valence-corrected chi connectivity index (χ1v) is 4.95. The topological polar surface area (TPSA) is 71.2 Å². The number of amides is 1. The van der Waals surface area contributed by atoms with Crippen LogP contribution in [0.15, 0.2) is 23.1 Å². The highest BCUT2D eigenvalue weighted by Crippen LogP contribution is 2.04. The lowest BCUT2D eigenvalue weighted by Crippen LogP contribution is -2.46. The fraction of sp³-hybridized carbons (Fsp3) is 0.455. The largest absolute Gasteiger partial charge is 0.382 e. The molecule has 1 aromatic heterocycles. The Labute approximate surface area is 93.8 Å². The molecule has 5 heteroatoms. The second-order valence-electron chi connectivity index (χ2n) is 4.21. The molecule has 0 aromatic carbocycles. The van der Waals surface area contributed by atoms with Gasteiger partial charge in [-0.1, -0.05) is 0 Å². The van der Waals surface area contributed by atoms with Crippen molar-refractivity contribution in [2.45, 2.75) is 19.4 Å². The van der Waals surface area contributed by atoms with E-state index in [9.17, 15) is 9.59 Å². The average molecular weight is 224 g/mol. The molecule has 0 unspecified atom stereocenters. The van der Waals surface area contributed by atoms with E-state index in [0.717, 1.165) is 0 Å². The Morgan fingerprint density at radius 1 is 1.56 bits per heavy atom. The molecule has 5 nitrogen and oxygen atoms in total. The number of nitrogens with one attached hydrogen (secondary N) is 2. The van der Waals surface area contributed by atoms with Gasteiger partial charge in [0.25, 0.3) is 5.91 Å². The summed E-state index contributed by atoms with van der Waals surface area (Å²) in [5.74, 6) is -0.284. The van der Waals surface area contributed by atoms with Crippen LogP contribution in [0.4, 0.5) is 0 Å². The molecule has 0 aliphatic rings. The zero-order chi connectivity index (χ0) is 12.2. The van der Waals surface area contributed by atoms with Gasteiger partial charge in [0.1, 0.15) is 0 Å². The predicted octanol–water partition coefficient (Wildman–Crippen LogP) is 0.530. The minimum absolute atomic E-state index is 0.284. The van der Waals surface area contributed by atoms with Crippen molar-refractivity contribution in [3.8, 4) is 0 Å². The molecule has 0 aliphatic heterocycles. The number of hydrogen-bond acceptors (Lipinski definition) is 3. The number of hydrogen-bond donors (Lipinski definition) is 2. The summed E-state index contributed by atoms with van der Waals surface area (Å²) in [5.41, 5.74) is -0.417. The molecule has 0 spiro atoms. The van der Waals surface area contributed by atoms with Crippen LogP contribution in [0.5, 0.6) is 0 Å². The van der Waals surface area contributed by atoms with Crippen molar-refractivity contribution in [2.75, 3.05) is 13.7 Å². The third-order valence-corrected chi connectivity index (χ3v) is 1.99. The van der Waals surface area contributed by atoms with Gasteiger partial charge in [0.2, 0.25) is 5.56 Å². The molecule has 0 atom stereocenters. The minimum Gasteiger partial charge on any atom is -0.382 e. The molecule has 0 radical (unpaired) electrons. The number of aromatic nitrogens is 1. The van der Waals surface area contributed by atoms with Crippen LogP contribution >= 0.6 is 0 Å². The van der Waals surface area contributed by atoms with Crippen LogP contribution < -0.4 is 10.9 Å². The van der Waals surface area contributed by atoms with Crippen molar-refractivity contribution < 1.29 is 9.53 Å². The third kappa shape index (κ3) is 3.51. The molecule has 1 amide bonds. The van der Waals surface area contributed by atoms with E-state index >= 15 is 0 Å². The highest BCUT2D eigenvalue weighted by atomic mass is 16.5. The van der Waals surface area contributed by atoms with E-state index < -0.39 is 5.54 Å². The second kappa shape index (κ2) is 4.94. The van der Waals surface area contributed by atoms with E-state index in [1.165, 1.54) is 12.3 Å². The molecule has 0 saturated heterocycles. The number of aromatic amines is 1. The van der Waals surface area contributed by atoms with Gasteiger partial charge in [0.15, 0.2) is 0 Å². The van der Waals surface area contributed by atoms with E-state index in [-0.39, 0.29) is 11.5 Å². The normalized spacial score (nSPS) is 11.2. The van der Waals surface area contributed by atoms with E-state index in [0.29, 0.717) is 12.2 Å². The van der Waals surface area contributed by atoms with Crippen LogP contribution in [0.25, 0.3) is 0 Å². The van der Waals surface area contributed by atoms with Gasteiger partial charge in [-0.2, -0.15) is 0 Å². The summed E-state index contributed by atoms with van der Waals surface area (Å²) >= 11 is 0. The maximum Gasteiger partial charge on any atom is 0.252 e. The van der Waals surface area contributed by atoms with Crippen LogP contribution in [0, 0.1) is 0 Å². The smallest absolute Gasteiger partial charge is 0.252 e. The Morgan fingerprint density at radius 2 is 2.25 bits per heavy atom. The van der Waals surface area contributed by atoms with Gasteiger partial charge in [-0.3, -0.25) is 9.59 Å². The van der Waals surface area contributed by atoms with E-state index in [1.54, 1.807) is 13.2 Å². The van der Waals surface area contributed by atoms with E-state index in [2.05, 4.69) is 10.3 Å². The number of pyridine rings is 1. The van der Waals surface area contributed by atoms with Crippen molar-refractivity contribution in [3.05, 3.63) is 34.2 Å². The van der Waals surface area contributed by atoms with Gasteiger partial charge < -0.3 is 15.0 Å². The van der Waals surface area contributed by atoms with Gasteiger partial charge in [0.05, 0.1) is 12.1 Å². The van der Waals surface area contributed by atoms with Crippen molar-refractivity contribution in [1.82, 2.24) is 10.3 Å². The maximum atomic E-state index is 11.8. The van der Waals surface area contributed by atoms with Gasteiger partial charge in [-0.05, 0) is 19.9 Å². The molecule has 0 fully saturated rings. The molecular formula is C11H16N2O3. The number of carbonyl (C=O) groups excluding carboxylic acids is 1. The lowest BCUT2D eigenvalue weighted by molar-refractivity contribution is 0.0820. The molecule has 1 heterocycles. The fourth-order valence-electron chi connectivity index (χ4n) is 1.36. The predicted molar refractivity (Wildman–Crippen MR) is 60.5 cm³/mol. The molecule has 1 rings (SSSR count). The quantitative estimate of drug-likeness (QED) is 0.783. The van der Waals surface area contributed by atoms with Gasteiger partial charge >= 0.3 is 0 Å². The monoisotopic (exact) mass is 224 g/mol. The van der Waals surface area contributed by atoms with Crippen LogP contribution in [0.2, 0.25) is 0 Å². The van der Waals surface area contributed by atoms with Crippen molar-refractivity contribution in [1.29, 1.82) is 0 Å². The Kier molecular flexibility index (Phi) is 3.84. The summed E-state index contributed by atoms with van der Waals surface area (Å²) in [4.78, 5) is 25.2. The highest BCUT2D eigenvalue weighted by Gasteiger charge is 2.20. The number of carbonyl (C=O) groups is 1. The third-order valence-electron chi connectivity index (χ3n) is 1.99. The Hall–Kier alpha value is -1.62. The first-order valence-electron chi connectivity index (χ1n) is 4.95. The molecule has 1 aromatic rings. The van der Waals surface area contributed by atoms with Crippen LogP contribution in [0.3, 0.4) is 0 Å². The van der Waals surface area contributed by atoms with Gasteiger partial charge in [0, 0.05) is 24.9 Å². The highest BCUT2D eigenvalue weighted by molar-refractivity contribution is 5.94. The molecule has 2 N–H and O–H groups in total. The molecule has 0 saturated carbocycles. The average Bonchev–Trinajstić information content (AvgIpc) is 2.16. The number of H-pyrrole nitrogens is 1. The second-order valence-corrected chi connectivity index (χ2v) is 4.21. The molecule has 88 valence electrons. The summed E-state index contributed by atoms with van der Waals surface area (Å²) in [7, 11) is 1.57. The van der Waals surface area contributed by atoms with Crippen molar-refractivity contribution >= 4 is 5.91 Å². The summed E-state index contributed by atoms with van der Waals surface area (Å²) in [6, 6.07) is 2.82. The molecule has 0 aliphatic carbocycles.